The predicted molar refractivity (Wildman–Crippen MR) is 76.4 cm³/mol. The standard InChI is InChI=1S/C13H22BrN3O/c1-4-9(8-15)6-10(18)7-12-13(14)11(5-2)16-17(12)3/h9H,4-8,15H2,1-3H3. The summed E-state index contributed by atoms with van der Waals surface area (Å²) in [5, 5.41) is 4.39. The number of aromatic nitrogens is 2. The Morgan fingerprint density at radius 3 is 2.61 bits per heavy atom. The van der Waals surface area contributed by atoms with Crippen LogP contribution in [0.15, 0.2) is 4.47 Å². The smallest absolute Gasteiger partial charge is 0.139 e. The van der Waals surface area contributed by atoms with Gasteiger partial charge in [0.2, 0.25) is 0 Å². The summed E-state index contributed by atoms with van der Waals surface area (Å²) in [6.07, 6.45) is 2.81. The van der Waals surface area contributed by atoms with Crippen molar-refractivity contribution in [3.8, 4) is 0 Å². The van der Waals surface area contributed by atoms with Gasteiger partial charge in [-0.3, -0.25) is 9.48 Å². The first kappa shape index (κ1) is 15.4. The van der Waals surface area contributed by atoms with Gasteiger partial charge < -0.3 is 5.73 Å². The molecule has 5 heteroatoms. The SMILES string of the molecule is CCc1nn(C)c(CC(=O)CC(CC)CN)c1Br. The molecule has 0 amide bonds. The van der Waals surface area contributed by atoms with Crippen molar-refractivity contribution in [2.75, 3.05) is 6.54 Å². The highest BCUT2D eigenvalue weighted by atomic mass is 79.9. The van der Waals surface area contributed by atoms with Crippen molar-refractivity contribution in [3.63, 3.8) is 0 Å². The first-order valence-electron chi connectivity index (χ1n) is 6.45. The summed E-state index contributed by atoms with van der Waals surface area (Å²) in [6, 6.07) is 0. The molecule has 0 aliphatic rings. The number of hydrogen-bond donors (Lipinski definition) is 1. The van der Waals surface area contributed by atoms with Crippen LogP contribution < -0.4 is 5.73 Å². The van der Waals surface area contributed by atoms with E-state index in [2.05, 4.69) is 34.9 Å². The number of halogens is 1. The van der Waals surface area contributed by atoms with Crippen LogP contribution >= 0.6 is 15.9 Å². The normalized spacial score (nSPS) is 12.7. The van der Waals surface area contributed by atoms with Gasteiger partial charge in [0.05, 0.1) is 15.9 Å². The molecule has 0 aromatic carbocycles. The minimum Gasteiger partial charge on any atom is -0.330 e. The number of carbonyl (C=O) groups excluding carboxylic acids is 1. The van der Waals surface area contributed by atoms with Crippen LogP contribution in [0, 0.1) is 5.92 Å². The zero-order valence-corrected chi connectivity index (χ0v) is 13.0. The van der Waals surface area contributed by atoms with Crippen molar-refractivity contribution in [1.29, 1.82) is 0 Å². The van der Waals surface area contributed by atoms with E-state index in [1.165, 1.54) is 0 Å². The summed E-state index contributed by atoms with van der Waals surface area (Å²) in [5.74, 6) is 0.536. The van der Waals surface area contributed by atoms with Crippen molar-refractivity contribution < 1.29 is 4.79 Å². The molecule has 1 aromatic rings. The van der Waals surface area contributed by atoms with Crippen LogP contribution in [0.4, 0.5) is 0 Å². The van der Waals surface area contributed by atoms with E-state index in [4.69, 9.17) is 5.73 Å². The Morgan fingerprint density at radius 1 is 1.50 bits per heavy atom. The number of nitrogens with two attached hydrogens (primary N) is 1. The number of aryl methyl sites for hydroxylation is 2. The lowest BCUT2D eigenvalue weighted by Crippen LogP contribution is -2.19. The Bertz CT molecular complexity index is 411. The Morgan fingerprint density at radius 2 is 2.17 bits per heavy atom. The van der Waals surface area contributed by atoms with E-state index in [1.54, 1.807) is 4.68 Å². The molecule has 1 aromatic heterocycles. The van der Waals surface area contributed by atoms with Crippen molar-refractivity contribution >= 4 is 21.7 Å². The van der Waals surface area contributed by atoms with Crippen molar-refractivity contribution in [2.45, 2.75) is 39.5 Å². The molecule has 18 heavy (non-hydrogen) atoms. The molecule has 4 nitrogen and oxygen atoms in total. The lowest BCUT2D eigenvalue weighted by atomic mass is 9.98. The van der Waals surface area contributed by atoms with Gasteiger partial charge in [0.25, 0.3) is 0 Å². The summed E-state index contributed by atoms with van der Waals surface area (Å²) in [4.78, 5) is 12.0. The average molecular weight is 316 g/mol. The largest absolute Gasteiger partial charge is 0.330 e. The second-order valence-electron chi connectivity index (χ2n) is 4.61. The third-order valence-corrected chi connectivity index (χ3v) is 4.21. The van der Waals surface area contributed by atoms with Gasteiger partial charge in [0.15, 0.2) is 0 Å². The maximum absolute atomic E-state index is 12.0. The number of nitrogens with zero attached hydrogens (tertiary/aromatic N) is 2. The molecular weight excluding hydrogens is 294 g/mol. The molecule has 1 rings (SSSR count). The third-order valence-electron chi connectivity index (χ3n) is 3.29. The van der Waals surface area contributed by atoms with Gasteiger partial charge in [-0.15, -0.1) is 0 Å². The first-order chi connectivity index (χ1) is 8.53. The maximum atomic E-state index is 12.0. The van der Waals surface area contributed by atoms with Gasteiger partial charge in [0.1, 0.15) is 5.78 Å². The quantitative estimate of drug-likeness (QED) is 0.839. The zero-order valence-electron chi connectivity index (χ0n) is 11.4. The maximum Gasteiger partial charge on any atom is 0.139 e. The summed E-state index contributed by atoms with van der Waals surface area (Å²) >= 11 is 3.53. The fraction of sp³-hybridized carbons (Fsp3) is 0.692. The second-order valence-corrected chi connectivity index (χ2v) is 5.41. The molecule has 0 aliphatic heterocycles. The van der Waals surface area contributed by atoms with E-state index in [-0.39, 0.29) is 5.78 Å². The van der Waals surface area contributed by atoms with Crippen molar-refractivity contribution in [2.24, 2.45) is 18.7 Å². The molecule has 0 saturated carbocycles. The molecule has 0 radical (unpaired) electrons. The molecule has 0 saturated heterocycles. The molecular formula is C13H22BrN3O. The number of carbonyl (C=O) groups is 1. The van der Waals surface area contributed by atoms with Crippen LogP contribution in [0.1, 0.15) is 38.1 Å². The average Bonchev–Trinajstić information content (AvgIpc) is 2.63. The summed E-state index contributed by atoms with van der Waals surface area (Å²) in [7, 11) is 1.88. The fourth-order valence-corrected chi connectivity index (χ4v) is 2.74. The van der Waals surface area contributed by atoms with E-state index in [0.717, 1.165) is 28.7 Å². The lowest BCUT2D eigenvalue weighted by Gasteiger charge is -2.11. The lowest BCUT2D eigenvalue weighted by molar-refractivity contribution is -0.119. The third kappa shape index (κ3) is 3.65. The second kappa shape index (κ2) is 7.04. The Hall–Kier alpha value is -0.680. The van der Waals surface area contributed by atoms with Crippen LogP contribution in [0.5, 0.6) is 0 Å². The number of hydrogen-bond acceptors (Lipinski definition) is 3. The van der Waals surface area contributed by atoms with Gasteiger partial charge >= 0.3 is 0 Å². The van der Waals surface area contributed by atoms with Gasteiger partial charge in [-0.1, -0.05) is 20.3 Å². The van der Waals surface area contributed by atoms with Gasteiger partial charge in [0, 0.05) is 19.9 Å². The minimum atomic E-state index is 0.235. The summed E-state index contributed by atoms with van der Waals surface area (Å²) in [5.41, 5.74) is 7.60. The number of rotatable bonds is 7. The van der Waals surface area contributed by atoms with Crippen LogP contribution in [-0.4, -0.2) is 22.1 Å². The summed E-state index contributed by atoms with van der Waals surface area (Å²) < 4.78 is 2.77. The van der Waals surface area contributed by atoms with Gasteiger partial charge in [-0.05, 0) is 34.8 Å². The van der Waals surface area contributed by atoms with Gasteiger partial charge in [-0.25, -0.2) is 0 Å². The first-order valence-corrected chi connectivity index (χ1v) is 7.24. The van der Waals surface area contributed by atoms with Crippen LogP contribution in [0.3, 0.4) is 0 Å². The zero-order chi connectivity index (χ0) is 13.7. The topological polar surface area (TPSA) is 60.9 Å². The number of Topliss-reactive ketones (excluding diaryl/α,β-unsaturated/α-hetero) is 1. The molecule has 0 spiro atoms. The van der Waals surface area contributed by atoms with E-state index < -0.39 is 0 Å². The Balaban J connectivity index is 2.73. The van der Waals surface area contributed by atoms with Crippen LogP contribution in [0.2, 0.25) is 0 Å². The van der Waals surface area contributed by atoms with Crippen molar-refractivity contribution in [3.05, 3.63) is 15.9 Å². The fourth-order valence-electron chi connectivity index (χ4n) is 1.99. The molecule has 0 aliphatic carbocycles. The Kier molecular flexibility index (Phi) is 6.02. The number of ketones is 1. The molecule has 2 N–H and O–H groups in total. The van der Waals surface area contributed by atoms with E-state index in [1.807, 2.05) is 7.05 Å². The van der Waals surface area contributed by atoms with Gasteiger partial charge in [-0.2, -0.15) is 5.10 Å². The van der Waals surface area contributed by atoms with Crippen LogP contribution in [-0.2, 0) is 24.7 Å². The molecule has 1 atom stereocenters. The van der Waals surface area contributed by atoms with Crippen LogP contribution in [0.25, 0.3) is 0 Å². The van der Waals surface area contributed by atoms with E-state index in [9.17, 15) is 4.79 Å². The Labute approximate surface area is 117 Å². The predicted octanol–water partition coefficient (Wildman–Crippen LogP) is 2.23. The molecule has 1 heterocycles. The highest BCUT2D eigenvalue weighted by Gasteiger charge is 2.17. The molecule has 1 unspecified atom stereocenters. The van der Waals surface area contributed by atoms with E-state index in [0.29, 0.717) is 25.3 Å². The van der Waals surface area contributed by atoms with Crippen molar-refractivity contribution in [1.82, 2.24) is 9.78 Å². The molecule has 0 fully saturated rings. The molecule has 102 valence electrons. The molecule has 0 bridgehead atoms. The van der Waals surface area contributed by atoms with E-state index >= 15 is 0 Å². The minimum absolute atomic E-state index is 0.235. The summed E-state index contributed by atoms with van der Waals surface area (Å²) in [6.45, 7) is 4.70. The highest BCUT2D eigenvalue weighted by Crippen LogP contribution is 2.23. The monoisotopic (exact) mass is 315 g/mol. The highest BCUT2D eigenvalue weighted by molar-refractivity contribution is 9.10.